The molecule has 1 spiro atoms. The van der Waals surface area contributed by atoms with E-state index in [9.17, 15) is 14.4 Å². The van der Waals surface area contributed by atoms with E-state index in [1.807, 2.05) is 6.92 Å². The molecule has 0 unspecified atom stereocenters. The van der Waals surface area contributed by atoms with Crippen LogP contribution in [-0.2, 0) is 22.4 Å². The molecule has 7 heteroatoms. The Hall–Kier alpha value is -2.41. The Balaban J connectivity index is 1.31. The smallest absolute Gasteiger partial charge is 0.322 e. The van der Waals surface area contributed by atoms with E-state index in [0.29, 0.717) is 18.8 Å². The van der Waals surface area contributed by atoms with Gasteiger partial charge < -0.3 is 10.6 Å². The van der Waals surface area contributed by atoms with Crippen molar-refractivity contribution in [1.29, 1.82) is 0 Å². The first-order valence-electron chi connectivity index (χ1n) is 11.2. The lowest BCUT2D eigenvalue weighted by atomic mass is 9.77. The average molecular weight is 413 g/mol. The molecule has 2 aliphatic carbocycles. The number of aryl methyl sites for hydroxylation is 2. The third-order valence-corrected chi connectivity index (χ3v) is 6.97. The first-order chi connectivity index (χ1) is 14.4. The van der Waals surface area contributed by atoms with Gasteiger partial charge in [-0.05, 0) is 80.9 Å². The van der Waals surface area contributed by atoms with Crippen molar-refractivity contribution in [3.8, 4) is 0 Å². The predicted octanol–water partition coefficient (Wildman–Crippen LogP) is 2.75. The minimum Gasteiger partial charge on any atom is -0.322 e. The minimum absolute atomic E-state index is 0.00254. The number of carbonyl (C=O) groups excluding carboxylic acids is 3. The van der Waals surface area contributed by atoms with Crippen LogP contribution in [0.25, 0.3) is 0 Å². The summed E-state index contributed by atoms with van der Waals surface area (Å²) in [4.78, 5) is 37.6. The maximum atomic E-state index is 12.8. The van der Waals surface area contributed by atoms with Crippen LogP contribution in [-0.4, -0.2) is 34.9 Å². The maximum absolute atomic E-state index is 12.8. The van der Waals surface area contributed by atoms with Crippen LogP contribution in [0.3, 0.4) is 0 Å². The summed E-state index contributed by atoms with van der Waals surface area (Å²) in [5.74, 6) is -0.182. The highest BCUT2D eigenvalue weighted by Crippen LogP contribution is 2.35. The lowest BCUT2D eigenvalue weighted by molar-refractivity contribution is -0.139. The minimum atomic E-state index is -0.847. The molecule has 0 aromatic heterocycles. The Morgan fingerprint density at radius 2 is 1.90 bits per heavy atom. The van der Waals surface area contributed by atoms with Crippen LogP contribution < -0.4 is 16.1 Å². The molecule has 1 aromatic rings. The summed E-state index contributed by atoms with van der Waals surface area (Å²) in [5, 5.41) is 6.89. The third-order valence-electron chi connectivity index (χ3n) is 6.97. The molecule has 3 aliphatic rings. The highest BCUT2D eigenvalue weighted by atomic mass is 16.2. The molecule has 1 aliphatic heterocycles. The van der Waals surface area contributed by atoms with E-state index in [1.165, 1.54) is 24.0 Å². The van der Waals surface area contributed by atoms with Gasteiger partial charge in [0.1, 0.15) is 5.54 Å². The number of benzene rings is 1. The van der Waals surface area contributed by atoms with E-state index in [1.54, 1.807) is 0 Å². The third kappa shape index (κ3) is 4.08. The summed E-state index contributed by atoms with van der Waals surface area (Å²) in [7, 11) is 0. The Labute approximate surface area is 177 Å². The van der Waals surface area contributed by atoms with E-state index < -0.39 is 17.5 Å². The van der Waals surface area contributed by atoms with Crippen molar-refractivity contribution in [3.63, 3.8) is 0 Å². The molecule has 7 nitrogen and oxygen atoms in total. The van der Waals surface area contributed by atoms with Gasteiger partial charge in [-0.25, -0.2) is 4.79 Å². The first kappa shape index (κ1) is 20.8. The van der Waals surface area contributed by atoms with Crippen molar-refractivity contribution in [2.75, 3.05) is 6.54 Å². The van der Waals surface area contributed by atoms with E-state index in [2.05, 4.69) is 41.2 Å². The zero-order valence-electron chi connectivity index (χ0n) is 17.9. The number of nitrogens with one attached hydrogen (secondary N) is 3. The topological polar surface area (TPSA) is 90.5 Å². The van der Waals surface area contributed by atoms with Crippen molar-refractivity contribution < 1.29 is 14.4 Å². The average Bonchev–Trinajstić information content (AvgIpc) is 2.98. The molecule has 1 atom stereocenters. The highest BCUT2D eigenvalue weighted by Gasteiger charge is 2.52. The molecule has 1 heterocycles. The van der Waals surface area contributed by atoms with Crippen molar-refractivity contribution in [2.24, 2.45) is 5.92 Å². The molecule has 1 saturated heterocycles. The number of hydrogen-bond acceptors (Lipinski definition) is 4. The highest BCUT2D eigenvalue weighted by molar-refractivity contribution is 6.08. The summed E-state index contributed by atoms with van der Waals surface area (Å²) in [6, 6.07) is 6.00. The molecule has 1 aromatic carbocycles. The summed E-state index contributed by atoms with van der Waals surface area (Å²) in [6.07, 6.45) is 7.78. The van der Waals surface area contributed by atoms with Gasteiger partial charge in [-0.2, -0.15) is 5.01 Å². The van der Waals surface area contributed by atoms with Crippen LogP contribution in [0.1, 0.15) is 75.1 Å². The van der Waals surface area contributed by atoms with Crippen LogP contribution in [0.15, 0.2) is 18.2 Å². The second-order valence-corrected chi connectivity index (χ2v) is 9.21. The number of hydrazine groups is 1. The number of rotatable bonds is 5. The summed E-state index contributed by atoms with van der Waals surface area (Å²) in [6.45, 7) is 4.20. The number of carbonyl (C=O) groups is 3. The zero-order chi connectivity index (χ0) is 21.3. The maximum Gasteiger partial charge on any atom is 0.344 e. The van der Waals surface area contributed by atoms with Crippen LogP contribution in [0, 0.1) is 5.92 Å². The molecule has 3 N–H and O–H groups in total. The van der Waals surface area contributed by atoms with Crippen molar-refractivity contribution >= 4 is 17.8 Å². The van der Waals surface area contributed by atoms with Gasteiger partial charge in [0, 0.05) is 6.04 Å². The number of imide groups is 1. The number of fused-ring (bicyclic) bond motifs is 1. The van der Waals surface area contributed by atoms with Crippen molar-refractivity contribution in [1.82, 2.24) is 21.1 Å². The van der Waals surface area contributed by atoms with Crippen LogP contribution in [0.4, 0.5) is 4.79 Å². The number of urea groups is 1. The van der Waals surface area contributed by atoms with Gasteiger partial charge in [0.25, 0.3) is 11.8 Å². The molecule has 4 rings (SSSR count). The van der Waals surface area contributed by atoms with E-state index in [4.69, 9.17) is 0 Å². The monoisotopic (exact) mass is 412 g/mol. The first-order valence-corrected chi connectivity index (χ1v) is 11.2. The fourth-order valence-corrected chi connectivity index (χ4v) is 4.87. The Morgan fingerprint density at radius 3 is 2.63 bits per heavy atom. The van der Waals surface area contributed by atoms with Gasteiger partial charge in [0.15, 0.2) is 0 Å². The zero-order valence-corrected chi connectivity index (χ0v) is 17.9. The quantitative estimate of drug-likeness (QED) is 0.649. The van der Waals surface area contributed by atoms with Gasteiger partial charge in [0.05, 0.1) is 6.54 Å². The van der Waals surface area contributed by atoms with Crippen LogP contribution in [0.2, 0.25) is 0 Å². The van der Waals surface area contributed by atoms with E-state index in [-0.39, 0.29) is 18.5 Å². The Kier molecular flexibility index (Phi) is 5.82. The standard InChI is InChI=1S/C23H32N4O3/c1-15-9-11-23(12-10-15)21(29)27(22(30)25-23)26-20(28)14-24-16(2)18-8-7-17-5-3-4-6-19(17)13-18/h7-8,13,15-16,24H,3-6,9-12,14H2,1-2H3,(H,25,30)(H,26,28)/t15?,16-,23?/m0/s1. The second kappa shape index (κ2) is 8.38. The van der Waals surface area contributed by atoms with Gasteiger partial charge in [0.2, 0.25) is 0 Å². The van der Waals surface area contributed by atoms with Gasteiger partial charge in [-0.3, -0.25) is 15.0 Å². The van der Waals surface area contributed by atoms with Crippen molar-refractivity contribution in [2.45, 2.75) is 76.8 Å². The van der Waals surface area contributed by atoms with Crippen LogP contribution in [0.5, 0.6) is 0 Å². The van der Waals surface area contributed by atoms with E-state index in [0.717, 1.165) is 36.3 Å². The second-order valence-electron chi connectivity index (χ2n) is 9.21. The molecular formula is C23H32N4O3. The molecule has 2 fully saturated rings. The molecule has 162 valence electrons. The predicted molar refractivity (Wildman–Crippen MR) is 113 cm³/mol. The lowest BCUT2D eigenvalue weighted by Crippen LogP contribution is -2.52. The van der Waals surface area contributed by atoms with Gasteiger partial charge in [-0.15, -0.1) is 0 Å². The number of amides is 4. The molecule has 0 bridgehead atoms. The lowest BCUT2D eigenvalue weighted by Gasteiger charge is -2.33. The molecular weight excluding hydrogens is 380 g/mol. The fraction of sp³-hybridized carbons (Fsp3) is 0.609. The number of nitrogens with zero attached hydrogens (tertiary/aromatic N) is 1. The largest absolute Gasteiger partial charge is 0.344 e. The Morgan fingerprint density at radius 1 is 1.20 bits per heavy atom. The summed E-state index contributed by atoms with van der Waals surface area (Å²) >= 11 is 0. The van der Waals surface area contributed by atoms with E-state index >= 15 is 0 Å². The Bertz CT molecular complexity index is 845. The molecule has 1 saturated carbocycles. The fourth-order valence-electron chi connectivity index (χ4n) is 4.87. The molecule has 30 heavy (non-hydrogen) atoms. The van der Waals surface area contributed by atoms with Gasteiger partial charge >= 0.3 is 6.03 Å². The van der Waals surface area contributed by atoms with Crippen LogP contribution >= 0.6 is 0 Å². The summed E-state index contributed by atoms with van der Waals surface area (Å²) in [5.41, 5.74) is 5.62. The SMILES string of the molecule is CC1CCC2(CC1)NC(=O)N(NC(=O)CN[C@@H](C)c1ccc3c(c1)CCCC3)C2=O. The molecule has 0 radical (unpaired) electrons. The van der Waals surface area contributed by atoms with Crippen molar-refractivity contribution in [3.05, 3.63) is 34.9 Å². The molecule has 4 amide bonds. The normalized spacial score (nSPS) is 27.0. The van der Waals surface area contributed by atoms with Gasteiger partial charge in [-0.1, -0.05) is 25.1 Å². The summed E-state index contributed by atoms with van der Waals surface area (Å²) < 4.78 is 0. The number of hydrogen-bond donors (Lipinski definition) is 3.